The van der Waals surface area contributed by atoms with Crippen molar-refractivity contribution >= 4 is 34.9 Å². The van der Waals surface area contributed by atoms with Crippen molar-refractivity contribution in [2.75, 3.05) is 5.32 Å². The van der Waals surface area contributed by atoms with Crippen LogP contribution in [0.2, 0.25) is 10.0 Å². The first-order valence-electron chi connectivity index (χ1n) is 9.95. The first-order chi connectivity index (χ1) is 15.4. The predicted molar refractivity (Wildman–Crippen MR) is 125 cm³/mol. The first kappa shape index (κ1) is 22.0. The molecule has 0 aliphatic carbocycles. The molecule has 0 aliphatic rings. The van der Waals surface area contributed by atoms with Crippen molar-refractivity contribution in [2.45, 2.75) is 27.0 Å². The third kappa shape index (κ3) is 5.15. The first-order valence-corrected chi connectivity index (χ1v) is 10.7. The number of carbonyl (C=O) groups is 1. The molecule has 4 rings (SSSR count). The van der Waals surface area contributed by atoms with Gasteiger partial charge in [-0.2, -0.15) is 5.10 Å². The summed E-state index contributed by atoms with van der Waals surface area (Å²) >= 11 is 12.2. The van der Waals surface area contributed by atoms with Gasteiger partial charge in [0, 0.05) is 11.2 Å². The summed E-state index contributed by atoms with van der Waals surface area (Å²) in [6.07, 6.45) is 1.65. The molecule has 0 fully saturated rings. The zero-order valence-electron chi connectivity index (χ0n) is 17.6. The molecule has 1 amide bonds. The molecule has 6 nitrogen and oxygen atoms in total. The molecule has 0 saturated carbocycles. The van der Waals surface area contributed by atoms with Crippen LogP contribution in [0.1, 0.15) is 33.0 Å². The van der Waals surface area contributed by atoms with Gasteiger partial charge in [0.1, 0.15) is 23.1 Å². The summed E-state index contributed by atoms with van der Waals surface area (Å²) in [7, 11) is 0. The van der Waals surface area contributed by atoms with Gasteiger partial charge in [0.15, 0.2) is 11.6 Å². The molecule has 0 aliphatic heterocycles. The fourth-order valence-corrected chi connectivity index (χ4v) is 3.58. The molecule has 0 spiro atoms. The molecule has 0 bridgehead atoms. The molecule has 164 valence electrons. The zero-order valence-corrected chi connectivity index (χ0v) is 19.1. The average Bonchev–Trinajstić information content (AvgIpc) is 3.36. The quantitative estimate of drug-likeness (QED) is 0.345. The summed E-state index contributed by atoms with van der Waals surface area (Å²) in [5.41, 5.74) is 3.09. The molecule has 0 saturated heterocycles. The summed E-state index contributed by atoms with van der Waals surface area (Å²) in [6, 6.07) is 16.7. The number of furan rings is 1. The van der Waals surface area contributed by atoms with Crippen molar-refractivity contribution in [3.8, 4) is 5.75 Å². The van der Waals surface area contributed by atoms with E-state index in [0.29, 0.717) is 22.4 Å². The zero-order chi connectivity index (χ0) is 22.7. The van der Waals surface area contributed by atoms with E-state index in [1.807, 2.05) is 56.3 Å². The summed E-state index contributed by atoms with van der Waals surface area (Å²) in [6.45, 7) is 4.68. The standard InChI is InChI=1S/C24H21Cl2N3O3/c1-15-4-3-5-16(2)22(15)31-14-19-10-11-21(32-19)24(30)27-23-20(26)13-29(28-23)12-17-6-8-18(25)9-7-17/h3-11,13H,12,14H2,1-2H3,(H,27,28,30). The molecule has 2 aromatic heterocycles. The van der Waals surface area contributed by atoms with Crippen LogP contribution in [0.15, 0.2) is 65.2 Å². The molecule has 32 heavy (non-hydrogen) atoms. The molecule has 0 unspecified atom stereocenters. The van der Waals surface area contributed by atoms with Crippen LogP contribution in [0.4, 0.5) is 5.82 Å². The summed E-state index contributed by atoms with van der Waals surface area (Å²) in [5.74, 6) is 1.32. The second-order valence-corrected chi connectivity index (χ2v) is 8.22. The van der Waals surface area contributed by atoms with Crippen molar-refractivity contribution in [3.05, 3.63) is 99.1 Å². The maximum Gasteiger partial charge on any atom is 0.292 e. The lowest BCUT2D eigenvalue weighted by atomic mass is 10.1. The minimum Gasteiger partial charge on any atom is -0.485 e. The third-order valence-electron chi connectivity index (χ3n) is 4.86. The second-order valence-electron chi connectivity index (χ2n) is 7.38. The molecule has 0 radical (unpaired) electrons. The molecular formula is C24H21Cl2N3O3. The number of anilines is 1. The number of aryl methyl sites for hydroxylation is 2. The van der Waals surface area contributed by atoms with E-state index in [9.17, 15) is 4.79 Å². The lowest BCUT2D eigenvalue weighted by Crippen LogP contribution is -2.12. The number of ether oxygens (including phenoxy) is 1. The van der Waals surface area contributed by atoms with Crippen LogP contribution in [0, 0.1) is 13.8 Å². The van der Waals surface area contributed by atoms with Gasteiger partial charge < -0.3 is 14.5 Å². The second kappa shape index (κ2) is 9.51. The van der Waals surface area contributed by atoms with Crippen LogP contribution in [0.3, 0.4) is 0 Å². The van der Waals surface area contributed by atoms with E-state index in [4.69, 9.17) is 32.4 Å². The van der Waals surface area contributed by atoms with E-state index in [-0.39, 0.29) is 18.2 Å². The Morgan fingerprint density at radius 3 is 2.50 bits per heavy atom. The van der Waals surface area contributed by atoms with Crippen LogP contribution in [0.25, 0.3) is 0 Å². The molecule has 8 heteroatoms. The monoisotopic (exact) mass is 469 g/mol. The smallest absolute Gasteiger partial charge is 0.292 e. The highest BCUT2D eigenvalue weighted by atomic mass is 35.5. The third-order valence-corrected chi connectivity index (χ3v) is 5.39. The largest absolute Gasteiger partial charge is 0.485 e. The fourth-order valence-electron chi connectivity index (χ4n) is 3.26. The van der Waals surface area contributed by atoms with Gasteiger partial charge in [-0.3, -0.25) is 9.48 Å². The van der Waals surface area contributed by atoms with Crippen molar-refractivity contribution in [1.29, 1.82) is 0 Å². The van der Waals surface area contributed by atoms with Crippen molar-refractivity contribution in [2.24, 2.45) is 0 Å². The van der Waals surface area contributed by atoms with Crippen LogP contribution in [-0.2, 0) is 13.2 Å². The lowest BCUT2D eigenvalue weighted by Gasteiger charge is -2.10. The number of hydrogen-bond acceptors (Lipinski definition) is 4. The van der Waals surface area contributed by atoms with Gasteiger partial charge in [0.25, 0.3) is 5.91 Å². The Labute approximate surface area is 195 Å². The molecular weight excluding hydrogens is 449 g/mol. The number of amides is 1. The fraction of sp³-hybridized carbons (Fsp3) is 0.167. The number of benzene rings is 2. The Kier molecular flexibility index (Phi) is 6.53. The number of para-hydroxylation sites is 1. The summed E-state index contributed by atoms with van der Waals surface area (Å²) < 4.78 is 13.2. The number of aromatic nitrogens is 2. The predicted octanol–water partition coefficient (Wildman–Crippen LogP) is 6.28. The number of rotatable bonds is 7. The van der Waals surface area contributed by atoms with E-state index in [2.05, 4.69) is 10.4 Å². The Hall–Kier alpha value is -3.22. The SMILES string of the molecule is Cc1cccc(C)c1OCc1ccc(C(=O)Nc2nn(Cc3ccc(Cl)cc3)cc2Cl)o1. The van der Waals surface area contributed by atoms with Crippen molar-refractivity contribution in [3.63, 3.8) is 0 Å². The number of halogens is 2. The van der Waals surface area contributed by atoms with Gasteiger partial charge in [-0.05, 0) is 54.8 Å². The van der Waals surface area contributed by atoms with Crippen LogP contribution < -0.4 is 10.1 Å². The van der Waals surface area contributed by atoms with Crippen LogP contribution in [-0.4, -0.2) is 15.7 Å². The van der Waals surface area contributed by atoms with Crippen LogP contribution in [0.5, 0.6) is 5.75 Å². The van der Waals surface area contributed by atoms with Crippen molar-refractivity contribution in [1.82, 2.24) is 9.78 Å². The maximum atomic E-state index is 12.6. The number of carbonyl (C=O) groups excluding carboxylic acids is 1. The van der Waals surface area contributed by atoms with Gasteiger partial charge in [-0.25, -0.2) is 0 Å². The molecule has 0 atom stereocenters. The van der Waals surface area contributed by atoms with Gasteiger partial charge in [0.2, 0.25) is 0 Å². The normalized spacial score (nSPS) is 10.9. The van der Waals surface area contributed by atoms with E-state index < -0.39 is 5.91 Å². The summed E-state index contributed by atoms with van der Waals surface area (Å²) in [5, 5.41) is 8.03. The van der Waals surface area contributed by atoms with Gasteiger partial charge >= 0.3 is 0 Å². The van der Waals surface area contributed by atoms with E-state index in [1.54, 1.807) is 23.0 Å². The minimum absolute atomic E-state index is 0.147. The topological polar surface area (TPSA) is 69.3 Å². The average molecular weight is 470 g/mol. The number of nitrogens with one attached hydrogen (secondary N) is 1. The number of nitrogens with zero attached hydrogens (tertiary/aromatic N) is 2. The molecule has 1 N–H and O–H groups in total. The maximum absolute atomic E-state index is 12.6. The summed E-state index contributed by atoms with van der Waals surface area (Å²) in [4.78, 5) is 12.6. The molecule has 2 heterocycles. The highest BCUT2D eigenvalue weighted by Gasteiger charge is 2.16. The van der Waals surface area contributed by atoms with Gasteiger partial charge in [-0.1, -0.05) is 53.5 Å². The Morgan fingerprint density at radius 1 is 1.06 bits per heavy atom. The van der Waals surface area contributed by atoms with Gasteiger partial charge in [0.05, 0.1) is 6.54 Å². The highest BCUT2D eigenvalue weighted by molar-refractivity contribution is 6.33. The Balaban J connectivity index is 1.39. The highest BCUT2D eigenvalue weighted by Crippen LogP contribution is 2.25. The minimum atomic E-state index is -0.443. The lowest BCUT2D eigenvalue weighted by molar-refractivity contribution is 0.0992. The Morgan fingerprint density at radius 2 is 1.78 bits per heavy atom. The van der Waals surface area contributed by atoms with E-state index in [1.165, 1.54) is 0 Å². The van der Waals surface area contributed by atoms with E-state index >= 15 is 0 Å². The number of hydrogen-bond donors (Lipinski definition) is 1. The molecule has 4 aromatic rings. The van der Waals surface area contributed by atoms with Crippen molar-refractivity contribution < 1.29 is 13.9 Å². The van der Waals surface area contributed by atoms with Gasteiger partial charge in [-0.15, -0.1) is 0 Å². The van der Waals surface area contributed by atoms with Crippen LogP contribution >= 0.6 is 23.2 Å². The van der Waals surface area contributed by atoms with E-state index in [0.717, 1.165) is 22.4 Å². The Bertz CT molecular complexity index is 1230. The molecule has 2 aromatic carbocycles.